The van der Waals surface area contributed by atoms with E-state index in [2.05, 4.69) is 18.8 Å². The molecule has 0 unspecified atom stereocenters. The van der Waals surface area contributed by atoms with E-state index in [9.17, 15) is 0 Å². The molecule has 0 atom stereocenters. The fourth-order valence-corrected chi connectivity index (χ4v) is 0. The molecule has 0 aliphatic heterocycles. The van der Waals surface area contributed by atoms with Crippen LogP contribution < -0.4 is 0 Å². The normalized spacial score (nSPS) is 2.50. The average Bonchev–Trinajstić information content (AvgIpc) is 1.50. The van der Waals surface area contributed by atoms with Crippen molar-refractivity contribution in [2.45, 2.75) is 0 Å². The van der Waals surface area contributed by atoms with Gasteiger partial charge in [0, 0.05) is 0 Å². The molecular weight excluding hydrogens is 263 g/mol. The molecular formula is Cl2Mo2. The third-order valence-electron chi connectivity index (χ3n) is 0. The first-order valence-corrected chi connectivity index (χ1v) is 5.48. The van der Waals surface area contributed by atoms with Crippen LogP contribution in [0.25, 0.3) is 0 Å². The van der Waals surface area contributed by atoms with Crippen molar-refractivity contribution < 1.29 is 37.5 Å². The fraction of sp³-hybridized carbons (Fsp3) is 0. The van der Waals surface area contributed by atoms with E-state index in [1.165, 1.54) is 37.5 Å². The molecule has 0 spiro atoms. The van der Waals surface area contributed by atoms with Gasteiger partial charge in [-0.1, -0.05) is 0 Å². The van der Waals surface area contributed by atoms with Crippen LogP contribution in [0.4, 0.5) is 0 Å². The van der Waals surface area contributed by atoms with E-state index < -0.39 is 0 Å². The molecule has 0 aliphatic carbocycles. The van der Waals surface area contributed by atoms with Gasteiger partial charge in [0.1, 0.15) is 0 Å². The van der Waals surface area contributed by atoms with Crippen molar-refractivity contribution in [3.05, 3.63) is 0 Å². The average molecular weight is 263 g/mol. The number of rotatable bonds is 0. The number of hydrogen-bond donors (Lipinski definition) is 0. The van der Waals surface area contributed by atoms with Crippen molar-refractivity contribution in [3.63, 3.8) is 0 Å². The predicted molar refractivity (Wildman–Crippen MR) is 11.7 cm³/mol. The minimum atomic E-state index is 1.42. The summed E-state index contributed by atoms with van der Waals surface area (Å²) in [6.45, 7) is 0. The summed E-state index contributed by atoms with van der Waals surface area (Å²) in [5.41, 5.74) is 0. The molecule has 0 radical (unpaired) electrons. The van der Waals surface area contributed by atoms with Gasteiger partial charge >= 0.3 is 56.4 Å². The van der Waals surface area contributed by atoms with Gasteiger partial charge in [-0.25, -0.2) is 0 Å². The van der Waals surface area contributed by atoms with Crippen LogP contribution in [0.1, 0.15) is 0 Å². The van der Waals surface area contributed by atoms with E-state index in [0.717, 1.165) is 0 Å². The molecule has 0 saturated carbocycles. The van der Waals surface area contributed by atoms with Crippen molar-refractivity contribution in [2.75, 3.05) is 0 Å². The van der Waals surface area contributed by atoms with Gasteiger partial charge in [-0.15, -0.1) is 0 Å². The van der Waals surface area contributed by atoms with Gasteiger partial charge in [0.05, 0.1) is 0 Å². The third-order valence-corrected chi connectivity index (χ3v) is 0. The maximum atomic E-state index is 4.65. The van der Waals surface area contributed by atoms with Gasteiger partial charge < -0.3 is 0 Å². The van der Waals surface area contributed by atoms with E-state index in [1.54, 1.807) is 0 Å². The maximum absolute atomic E-state index is 4.65. The summed E-state index contributed by atoms with van der Waals surface area (Å²) in [6.07, 6.45) is 0. The van der Waals surface area contributed by atoms with Gasteiger partial charge in [0.25, 0.3) is 0 Å². The number of halogens is 2. The van der Waals surface area contributed by atoms with Crippen molar-refractivity contribution in [2.24, 2.45) is 0 Å². The molecule has 4 heteroatoms. The second-order valence-corrected chi connectivity index (χ2v) is 0. The molecule has 0 nitrogen and oxygen atoms in total. The van der Waals surface area contributed by atoms with Gasteiger partial charge in [-0.3, -0.25) is 0 Å². The van der Waals surface area contributed by atoms with Crippen molar-refractivity contribution in [1.82, 2.24) is 0 Å². The Morgan fingerprint density at radius 1 is 0.750 bits per heavy atom. The number of hydrogen-bond acceptors (Lipinski definition) is 0. The molecule has 0 aromatic carbocycles. The quantitative estimate of drug-likeness (QED) is 0.579. The predicted octanol–water partition coefficient (Wildman–Crippen LogP) is 1.37. The molecule has 0 heterocycles. The van der Waals surface area contributed by atoms with Gasteiger partial charge in [0.2, 0.25) is 0 Å². The zero-order valence-electron chi connectivity index (χ0n) is 1.57. The summed E-state index contributed by atoms with van der Waals surface area (Å²) < 4.78 is 0. The Kier molecular flexibility index (Phi) is 47.4. The zero-order chi connectivity index (χ0) is 4.00. The van der Waals surface area contributed by atoms with Crippen LogP contribution in [0.2, 0.25) is 0 Å². The molecule has 0 bridgehead atoms. The zero-order valence-corrected chi connectivity index (χ0v) is 7.10. The first-order valence-electron chi connectivity index (χ1n) is 0.309. The molecule has 0 aromatic rings. The SMILES string of the molecule is [Cl][Mo].[Cl][Mo]. The van der Waals surface area contributed by atoms with E-state index in [-0.39, 0.29) is 0 Å². The summed E-state index contributed by atoms with van der Waals surface area (Å²) in [5, 5.41) is 0. The Hall–Kier alpha value is 1.96. The second-order valence-electron chi connectivity index (χ2n) is 0. The van der Waals surface area contributed by atoms with Crippen LogP contribution in [0.5, 0.6) is 0 Å². The van der Waals surface area contributed by atoms with Crippen LogP contribution in [0.15, 0.2) is 0 Å². The van der Waals surface area contributed by atoms with Crippen LogP contribution >= 0.6 is 18.8 Å². The summed E-state index contributed by atoms with van der Waals surface area (Å²) in [7, 11) is 9.30. The molecule has 0 aliphatic rings. The van der Waals surface area contributed by atoms with Crippen LogP contribution in [-0.2, 0) is 37.5 Å². The molecule has 0 rings (SSSR count). The standard InChI is InChI=1S/2ClH.2Mo/h2*1H;;/q;;2*+1/p-2. The topological polar surface area (TPSA) is 0 Å². The Labute approximate surface area is 55.9 Å². The van der Waals surface area contributed by atoms with Gasteiger partial charge in [-0.05, 0) is 0 Å². The van der Waals surface area contributed by atoms with Crippen LogP contribution in [-0.4, -0.2) is 0 Å². The van der Waals surface area contributed by atoms with E-state index in [1.807, 2.05) is 0 Å². The fourth-order valence-electron chi connectivity index (χ4n) is 0. The summed E-state index contributed by atoms with van der Waals surface area (Å²) in [5.74, 6) is 0. The molecule has 26 valence electrons. The summed E-state index contributed by atoms with van der Waals surface area (Å²) >= 11 is 2.84. The molecule has 0 fully saturated rings. The first-order chi connectivity index (χ1) is 2.00. The molecule has 0 N–H and O–H groups in total. The summed E-state index contributed by atoms with van der Waals surface area (Å²) in [6, 6.07) is 0. The van der Waals surface area contributed by atoms with Crippen molar-refractivity contribution in [3.8, 4) is 0 Å². The summed E-state index contributed by atoms with van der Waals surface area (Å²) in [4.78, 5) is 0. The molecule has 0 saturated heterocycles. The Balaban J connectivity index is 0. The van der Waals surface area contributed by atoms with Gasteiger partial charge in [-0.2, -0.15) is 0 Å². The van der Waals surface area contributed by atoms with Gasteiger partial charge in [0.15, 0.2) is 0 Å². The Morgan fingerprint density at radius 3 is 0.750 bits per heavy atom. The second kappa shape index (κ2) is 20.3. The third kappa shape index (κ3) is 9.03. The van der Waals surface area contributed by atoms with Crippen molar-refractivity contribution in [1.29, 1.82) is 0 Å². The monoisotopic (exact) mass is 266 g/mol. The minimum absolute atomic E-state index is 1.42. The van der Waals surface area contributed by atoms with Crippen molar-refractivity contribution >= 4 is 18.8 Å². The molecule has 0 aromatic heterocycles. The van der Waals surface area contributed by atoms with E-state index in [4.69, 9.17) is 0 Å². The Bertz CT molecular complexity index is 4.00. The van der Waals surface area contributed by atoms with Crippen LogP contribution in [0.3, 0.4) is 0 Å². The molecule has 0 amide bonds. The van der Waals surface area contributed by atoms with Crippen LogP contribution in [0, 0.1) is 0 Å². The van der Waals surface area contributed by atoms with E-state index >= 15 is 0 Å². The van der Waals surface area contributed by atoms with E-state index in [0.29, 0.717) is 0 Å². The molecule has 4 heavy (non-hydrogen) atoms. The first kappa shape index (κ1) is 9.35. The Morgan fingerprint density at radius 2 is 0.750 bits per heavy atom.